The van der Waals surface area contributed by atoms with E-state index < -0.39 is 18.2 Å². The average molecular weight is 417 g/mol. The number of hydrogen-bond acceptors (Lipinski definition) is 5. The number of ketones is 1. The van der Waals surface area contributed by atoms with Gasteiger partial charge in [-0.2, -0.15) is 0 Å². The summed E-state index contributed by atoms with van der Waals surface area (Å²) >= 11 is 0. The molecular formula is C23H32N2O5. The third kappa shape index (κ3) is 6.69. The molecule has 1 aliphatic rings. The first-order valence-electron chi connectivity index (χ1n) is 10.4. The molecule has 2 amide bonds. The van der Waals surface area contributed by atoms with Gasteiger partial charge in [-0.05, 0) is 36.3 Å². The van der Waals surface area contributed by atoms with Crippen LogP contribution in [-0.2, 0) is 27.4 Å². The maximum absolute atomic E-state index is 12.9. The topological polar surface area (TPSA) is 95.9 Å². The van der Waals surface area contributed by atoms with Crippen molar-refractivity contribution in [2.75, 3.05) is 13.2 Å². The molecule has 2 atom stereocenters. The Morgan fingerprint density at radius 3 is 2.53 bits per heavy atom. The van der Waals surface area contributed by atoms with Crippen molar-refractivity contribution in [3.05, 3.63) is 48.0 Å². The summed E-state index contributed by atoms with van der Waals surface area (Å²) in [7, 11) is 0. The van der Waals surface area contributed by atoms with Crippen LogP contribution in [0.15, 0.2) is 36.9 Å². The van der Waals surface area contributed by atoms with E-state index in [1.54, 1.807) is 12.1 Å². The van der Waals surface area contributed by atoms with Gasteiger partial charge < -0.3 is 15.2 Å². The molecule has 0 aliphatic carbocycles. The lowest BCUT2D eigenvalue weighted by molar-refractivity contribution is -0.130. The van der Waals surface area contributed by atoms with Gasteiger partial charge in [0.1, 0.15) is 12.6 Å². The molecule has 1 saturated heterocycles. The predicted molar refractivity (Wildman–Crippen MR) is 114 cm³/mol. The number of carbonyl (C=O) groups is 3. The van der Waals surface area contributed by atoms with Crippen LogP contribution in [0.1, 0.15) is 44.2 Å². The zero-order valence-corrected chi connectivity index (χ0v) is 17.8. The fourth-order valence-electron chi connectivity index (χ4n) is 3.57. The van der Waals surface area contributed by atoms with Gasteiger partial charge in [0, 0.05) is 13.0 Å². The predicted octanol–water partition coefficient (Wildman–Crippen LogP) is 2.61. The third-order valence-electron chi connectivity index (χ3n) is 5.11. The van der Waals surface area contributed by atoms with Crippen LogP contribution in [0.2, 0.25) is 0 Å². The Morgan fingerprint density at radius 2 is 1.93 bits per heavy atom. The normalized spacial score (nSPS) is 16.9. The van der Waals surface area contributed by atoms with Crippen LogP contribution in [0.25, 0.3) is 0 Å². The molecule has 2 N–H and O–H groups in total. The number of ether oxygens (including phenoxy) is 1. The number of likely N-dealkylation sites (tertiary alicyclic amines) is 1. The molecule has 164 valence electrons. The minimum atomic E-state index is -0.631. The molecule has 30 heavy (non-hydrogen) atoms. The van der Waals surface area contributed by atoms with Gasteiger partial charge in [0.2, 0.25) is 5.91 Å². The third-order valence-corrected chi connectivity index (χ3v) is 5.11. The van der Waals surface area contributed by atoms with Crippen molar-refractivity contribution >= 4 is 17.8 Å². The summed E-state index contributed by atoms with van der Waals surface area (Å²) < 4.78 is 5.07. The summed E-state index contributed by atoms with van der Waals surface area (Å²) in [4.78, 5) is 39.5. The second-order valence-electron chi connectivity index (χ2n) is 8.03. The van der Waals surface area contributed by atoms with Crippen molar-refractivity contribution in [3.8, 4) is 0 Å². The Morgan fingerprint density at radius 1 is 1.27 bits per heavy atom. The number of hydrogen-bond donors (Lipinski definition) is 2. The minimum Gasteiger partial charge on any atom is -0.445 e. The van der Waals surface area contributed by atoms with E-state index in [0.717, 1.165) is 11.1 Å². The van der Waals surface area contributed by atoms with Gasteiger partial charge in [-0.25, -0.2) is 4.79 Å². The second-order valence-corrected chi connectivity index (χ2v) is 8.03. The first-order valence-corrected chi connectivity index (χ1v) is 10.4. The minimum absolute atomic E-state index is 0.0482. The maximum atomic E-state index is 12.9. The molecule has 1 aliphatic heterocycles. The van der Waals surface area contributed by atoms with Crippen LogP contribution in [0.3, 0.4) is 0 Å². The van der Waals surface area contributed by atoms with E-state index >= 15 is 0 Å². The molecule has 0 bridgehead atoms. The standard InChI is InChI=1S/C23H32N2O5/c1-4-12-30-23(29)25-11-5-6-20(25)22(28)24-19(13-16(2)3)21(27)14-17-7-9-18(15-26)10-8-17/h4,7-10,16,19-20,26H,1,5-6,11-15H2,2-3H3,(H,24,28)/t19-,20-/m0/s1. The van der Waals surface area contributed by atoms with E-state index in [9.17, 15) is 14.4 Å². The zero-order chi connectivity index (χ0) is 22.1. The van der Waals surface area contributed by atoms with Crippen LogP contribution in [0.4, 0.5) is 4.79 Å². The molecule has 7 nitrogen and oxygen atoms in total. The van der Waals surface area contributed by atoms with Crippen molar-refractivity contribution in [1.82, 2.24) is 10.2 Å². The lowest BCUT2D eigenvalue weighted by Gasteiger charge is -2.26. The monoisotopic (exact) mass is 416 g/mol. The fourth-order valence-corrected chi connectivity index (χ4v) is 3.57. The van der Waals surface area contributed by atoms with E-state index in [2.05, 4.69) is 11.9 Å². The number of nitrogens with one attached hydrogen (secondary N) is 1. The second kappa shape index (κ2) is 11.5. The Hall–Kier alpha value is -2.67. The van der Waals surface area contributed by atoms with Crippen LogP contribution in [0, 0.1) is 5.92 Å². The average Bonchev–Trinajstić information content (AvgIpc) is 3.22. The molecular weight excluding hydrogens is 384 g/mol. The van der Waals surface area contributed by atoms with Crippen LogP contribution in [-0.4, -0.2) is 53.0 Å². The van der Waals surface area contributed by atoms with Crippen LogP contribution >= 0.6 is 0 Å². The molecule has 0 radical (unpaired) electrons. The summed E-state index contributed by atoms with van der Waals surface area (Å²) in [6, 6.07) is 5.93. The van der Waals surface area contributed by atoms with Gasteiger partial charge >= 0.3 is 6.09 Å². The lowest BCUT2D eigenvalue weighted by Crippen LogP contribution is -2.51. The number of benzene rings is 1. The number of aliphatic hydroxyl groups excluding tert-OH is 1. The summed E-state index contributed by atoms with van der Waals surface area (Å²) in [6.07, 6.45) is 2.91. The highest BCUT2D eigenvalue weighted by atomic mass is 16.6. The molecule has 0 spiro atoms. The summed E-state index contributed by atoms with van der Waals surface area (Å²) in [5.74, 6) is -0.182. The highest BCUT2D eigenvalue weighted by molar-refractivity contribution is 5.93. The van der Waals surface area contributed by atoms with Gasteiger partial charge in [0.05, 0.1) is 12.6 Å². The van der Waals surface area contributed by atoms with E-state index in [-0.39, 0.29) is 37.2 Å². The van der Waals surface area contributed by atoms with Gasteiger partial charge in [-0.15, -0.1) is 0 Å². The number of Topliss-reactive ketones (excluding diaryl/α,β-unsaturated/α-hetero) is 1. The Kier molecular flexibility index (Phi) is 9.05. The van der Waals surface area contributed by atoms with Crippen molar-refractivity contribution < 1.29 is 24.2 Å². The lowest BCUT2D eigenvalue weighted by atomic mass is 9.95. The first-order chi connectivity index (χ1) is 14.3. The van der Waals surface area contributed by atoms with Crippen LogP contribution < -0.4 is 5.32 Å². The molecule has 1 aromatic rings. The van der Waals surface area contributed by atoms with Crippen LogP contribution in [0.5, 0.6) is 0 Å². The van der Waals surface area contributed by atoms with Gasteiger partial charge in [0.25, 0.3) is 0 Å². The highest BCUT2D eigenvalue weighted by Gasteiger charge is 2.36. The molecule has 2 rings (SSSR count). The SMILES string of the molecule is C=CCOC(=O)N1CCC[C@H]1C(=O)N[C@@H](CC(C)C)C(=O)Cc1ccc(CO)cc1. The number of carbonyl (C=O) groups excluding carboxylic acids is 3. The largest absolute Gasteiger partial charge is 0.445 e. The number of nitrogens with zero attached hydrogens (tertiary/aromatic N) is 1. The van der Waals surface area contributed by atoms with Crippen molar-refractivity contribution in [1.29, 1.82) is 0 Å². The Bertz CT molecular complexity index is 744. The smallest absolute Gasteiger partial charge is 0.410 e. The summed E-state index contributed by atoms with van der Waals surface area (Å²) in [5, 5.41) is 12.0. The first kappa shape index (κ1) is 23.6. The van der Waals surface area contributed by atoms with Crippen molar-refractivity contribution in [2.24, 2.45) is 5.92 Å². The highest BCUT2D eigenvalue weighted by Crippen LogP contribution is 2.20. The number of amides is 2. The summed E-state index contributed by atoms with van der Waals surface area (Å²) in [5.41, 5.74) is 1.61. The molecule has 1 fully saturated rings. The Balaban J connectivity index is 2.04. The molecule has 0 saturated carbocycles. The molecule has 1 heterocycles. The molecule has 0 aromatic heterocycles. The fraction of sp³-hybridized carbons (Fsp3) is 0.522. The zero-order valence-electron chi connectivity index (χ0n) is 17.8. The van der Waals surface area contributed by atoms with Crippen molar-refractivity contribution in [3.63, 3.8) is 0 Å². The molecule has 1 aromatic carbocycles. The van der Waals surface area contributed by atoms with E-state index in [4.69, 9.17) is 9.84 Å². The van der Waals surface area contributed by atoms with Gasteiger partial charge in [0.15, 0.2) is 5.78 Å². The maximum Gasteiger partial charge on any atom is 0.410 e. The molecule has 7 heteroatoms. The van der Waals surface area contributed by atoms with E-state index in [1.165, 1.54) is 11.0 Å². The number of aliphatic hydroxyl groups is 1. The van der Waals surface area contributed by atoms with E-state index in [0.29, 0.717) is 25.8 Å². The summed E-state index contributed by atoms with van der Waals surface area (Å²) in [6.45, 7) is 8.01. The molecule has 0 unspecified atom stereocenters. The van der Waals surface area contributed by atoms with Gasteiger partial charge in [-0.1, -0.05) is 50.8 Å². The quantitative estimate of drug-likeness (QED) is 0.572. The Labute approximate surface area is 178 Å². The van der Waals surface area contributed by atoms with E-state index in [1.807, 2.05) is 26.0 Å². The van der Waals surface area contributed by atoms with Crippen molar-refractivity contribution in [2.45, 2.75) is 58.2 Å². The van der Waals surface area contributed by atoms with Gasteiger partial charge in [-0.3, -0.25) is 14.5 Å². The number of rotatable bonds is 10.